The third-order valence-corrected chi connectivity index (χ3v) is 3.70. The molecule has 0 heterocycles. The number of rotatable bonds is 8. The predicted molar refractivity (Wildman–Crippen MR) is 78.7 cm³/mol. The van der Waals surface area contributed by atoms with Crippen LogP contribution in [0.4, 0.5) is 4.39 Å². The van der Waals surface area contributed by atoms with E-state index in [1.165, 1.54) is 12.1 Å². The van der Waals surface area contributed by atoms with Crippen molar-refractivity contribution in [2.24, 2.45) is 5.73 Å². The lowest BCUT2D eigenvalue weighted by molar-refractivity contribution is -0.124. The van der Waals surface area contributed by atoms with E-state index in [0.29, 0.717) is 12.1 Å². The number of carbonyl (C=O) groups is 1. The lowest BCUT2D eigenvalue weighted by Gasteiger charge is -2.29. The number of likely N-dealkylation sites (N-methyl/N-ethyl adjacent to an activating group) is 1. The number of nitrogens with zero attached hydrogens (tertiary/aromatic N) is 1. The maximum atomic E-state index is 13.3. The molecule has 0 aliphatic heterocycles. The number of nitrogens with one attached hydrogen (secondary N) is 1. The fraction of sp³-hybridized carbons (Fsp3) is 0.533. The molecule has 0 aromatic heterocycles. The van der Waals surface area contributed by atoms with Gasteiger partial charge in [0.1, 0.15) is 11.4 Å². The zero-order valence-electron chi connectivity index (χ0n) is 12.4. The molecule has 1 unspecified atom stereocenters. The van der Waals surface area contributed by atoms with Gasteiger partial charge in [-0.25, -0.2) is 4.39 Å². The van der Waals surface area contributed by atoms with E-state index in [-0.39, 0.29) is 5.82 Å². The van der Waals surface area contributed by atoms with Crippen molar-refractivity contribution >= 4 is 5.91 Å². The molecule has 0 aliphatic rings. The lowest BCUT2D eigenvalue weighted by Crippen LogP contribution is -2.52. The van der Waals surface area contributed by atoms with E-state index in [4.69, 9.17) is 5.73 Å². The number of nitrogens with two attached hydrogens (primary N) is 1. The monoisotopic (exact) mass is 281 g/mol. The van der Waals surface area contributed by atoms with Gasteiger partial charge >= 0.3 is 0 Å². The fourth-order valence-electron chi connectivity index (χ4n) is 2.13. The van der Waals surface area contributed by atoms with Crippen LogP contribution in [0.3, 0.4) is 0 Å². The summed E-state index contributed by atoms with van der Waals surface area (Å²) in [5, 5.41) is 3.16. The van der Waals surface area contributed by atoms with Gasteiger partial charge in [-0.3, -0.25) is 10.1 Å². The molecule has 0 saturated carbocycles. The Bertz CT molecular complexity index is 448. The quantitative estimate of drug-likeness (QED) is 0.758. The molecule has 1 amide bonds. The lowest BCUT2D eigenvalue weighted by atomic mass is 9.91. The third kappa shape index (κ3) is 4.02. The van der Waals surface area contributed by atoms with Crippen molar-refractivity contribution in [2.75, 3.05) is 26.2 Å². The highest BCUT2D eigenvalue weighted by molar-refractivity contribution is 5.85. The largest absolute Gasteiger partial charge is 0.368 e. The molecule has 0 aliphatic carbocycles. The molecule has 4 nitrogen and oxygen atoms in total. The second-order valence-corrected chi connectivity index (χ2v) is 4.95. The first-order valence-corrected chi connectivity index (χ1v) is 6.97. The smallest absolute Gasteiger partial charge is 0.242 e. The van der Waals surface area contributed by atoms with Gasteiger partial charge in [-0.15, -0.1) is 0 Å². The molecule has 1 rings (SSSR count). The zero-order chi connectivity index (χ0) is 15.2. The molecule has 0 bridgehead atoms. The minimum absolute atomic E-state index is 0.375. The molecule has 5 heteroatoms. The van der Waals surface area contributed by atoms with Crippen LogP contribution in [0, 0.1) is 5.82 Å². The van der Waals surface area contributed by atoms with Gasteiger partial charge < -0.3 is 10.6 Å². The summed E-state index contributed by atoms with van der Waals surface area (Å²) in [6.07, 6.45) is 0. The second-order valence-electron chi connectivity index (χ2n) is 4.95. The molecule has 0 radical (unpaired) electrons. The van der Waals surface area contributed by atoms with E-state index < -0.39 is 11.4 Å². The van der Waals surface area contributed by atoms with Crippen LogP contribution >= 0.6 is 0 Å². The summed E-state index contributed by atoms with van der Waals surface area (Å²) in [4.78, 5) is 14.0. The van der Waals surface area contributed by atoms with E-state index in [1.54, 1.807) is 19.1 Å². The second kappa shape index (κ2) is 7.36. The normalized spacial score (nSPS) is 14.2. The number of carbonyl (C=O) groups excluding carboxylic acids is 1. The topological polar surface area (TPSA) is 58.4 Å². The number of hydrogen-bond acceptors (Lipinski definition) is 3. The minimum atomic E-state index is -1.06. The average molecular weight is 281 g/mol. The number of primary amides is 1. The Hall–Kier alpha value is -1.46. The van der Waals surface area contributed by atoms with Gasteiger partial charge in [0, 0.05) is 13.1 Å². The Morgan fingerprint density at radius 1 is 1.40 bits per heavy atom. The molecule has 1 aromatic rings. The standard InChI is InChI=1S/C15H24FN3O/c1-4-19(5-2)10-9-18-15(3,14(17)20)12-7-6-8-13(16)11-12/h6-8,11,18H,4-5,9-10H2,1-3H3,(H2,17,20). The summed E-state index contributed by atoms with van der Waals surface area (Å²) in [5.41, 5.74) is 4.98. The van der Waals surface area contributed by atoms with Gasteiger partial charge in [0.2, 0.25) is 5.91 Å². The van der Waals surface area contributed by atoms with Gasteiger partial charge in [0.05, 0.1) is 0 Å². The SMILES string of the molecule is CCN(CC)CCNC(C)(C(N)=O)c1cccc(F)c1. The van der Waals surface area contributed by atoms with E-state index in [0.717, 1.165) is 19.6 Å². The number of halogens is 1. The van der Waals surface area contributed by atoms with E-state index in [9.17, 15) is 9.18 Å². The summed E-state index contributed by atoms with van der Waals surface area (Å²) in [5.74, 6) is -0.886. The Labute approximate surface area is 120 Å². The molecule has 0 saturated heterocycles. The van der Waals surface area contributed by atoms with Crippen LogP contribution in [0.15, 0.2) is 24.3 Å². The highest BCUT2D eigenvalue weighted by Crippen LogP contribution is 2.21. The summed E-state index contributed by atoms with van der Waals surface area (Å²) in [6, 6.07) is 5.98. The van der Waals surface area contributed by atoms with E-state index >= 15 is 0 Å². The zero-order valence-corrected chi connectivity index (χ0v) is 12.4. The van der Waals surface area contributed by atoms with Crippen LogP contribution in [0.2, 0.25) is 0 Å². The van der Waals surface area contributed by atoms with Gasteiger partial charge in [0.25, 0.3) is 0 Å². The van der Waals surface area contributed by atoms with Crippen molar-refractivity contribution < 1.29 is 9.18 Å². The molecule has 0 fully saturated rings. The Balaban J connectivity index is 2.80. The first kappa shape index (κ1) is 16.6. The molecule has 1 aromatic carbocycles. The van der Waals surface area contributed by atoms with Crippen LogP contribution < -0.4 is 11.1 Å². The summed E-state index contributed by atoms with van der Waals surface area (Å²) < 4.78 is 13.3. The highest BCUT2D eigenvalue weighted by Gasteiger charge is 2.32. The summed E-state index contributed by atoms with van der Waals surface area (Å²) in [7, 11) is 0. The number of amides is 1. The van der Waals surface area contributed by atoms with Crippen molar-refractivity contribution in [3.8, 4) is 0 Å². The summed E-state index contributed by atoms with van der Waals surface area (Å²) in [6.45, 7) is 9.18. The Kier molecular flexibility index (Phi) is 6.10. The van der Waals surface area contributed by atoms with Crippen LogP contribution in [0.5, 0.6) is 0 Å². The molecule has 3 N–H and O–H groups in total. The first-order chi connectivity index (χ1) is 9.43. The average Bonchev–Trinajstić information content (AvgIpc) is 2.43. The van der Waals surface area contributed by atoms with Gasteiger partial charge in [0.15, 0.2) is 0 Å². The van der Waals surface area contributed by atoms with Crippen molar-refractivity contribution in [1.82, 2.24) is 10.2 Å². The summed E-state index contributed by atoms with van der Waals surface area (Å²) >= 11 is 0. The van der Waals surface area contributed by atoms with Gasteiger partial charge in [-0.05, 0) is 37.7 Å². The minimum Gasteiger partial charge on any atom is -0.368 e. The third-order valence-electron chi connectivity index (χ3n) is 3.70. The van der Waals surface area contributed by atoms with Crippen molar-refractivity contribution in [3.63, 3.8) is 0 Å². The van der Waals surface area contributed by atoms with Crippen LogP contribution in [0.25, 0.3) is 0 Å². The maximum absolute atomic E-state index is 13.3. The van der Waals surface area contributed by atoms with Crippen LogP contribution in [-0.2, 0) is 10.3 Å². The Morgan fingerprint density at radius 3 is 2.55 bits per heavy atom. The van der Waals surface area contributed by atoms with Crippen LogP contribution in [0.1, 0.15) is 26.3 Å². The molecular formula is C15H24FN3O. The highest BCUT2D eigenvalue weighted by atomic mass is 19.1. The van der Waals surface area contributed by atoms with Crippen LogP contribution in [-0.4, -0.2) is 37.0 Å². The molecule has 112 valence electrons. The van der Waals surface area contributed by atoms with E-state index in [1.807, 2.05) is 0 Å². The molecule has 1 atom stereocenters. The van der Waals surface area contributed by atoms with Crippen molar-refractivity contribution in [3.05, 3.63) is 35.6 Å². The number of benzene rings is 1. The first-order valence-electron chi connectivity index (χ1n) is 6.97. The van der Waals surface area contributed by atoms with Gasteiger partial charge in [-0.2, -0.15) is 0 Å². The molecule has 0 spiro atoms. The number of hydrogen-bond donors (Lipinski definition) is 2. The van der Waals surface area contributed by atoms with Crippen molar-refractivity contribution in [2.45, 2.75) is 26.3 Å². The predicted octanol–water partition coefficient (Wildman–Crippen LogP) is 1.46. The van der Waals surface area contributed by atoms with Gasteiger partial charge in [-0.1, -0.05) is 26.0 Å². The Morgan fingerprint density at radius 2 is 2.05 bits per heavy atom. The fourth-order valence-corrected chi connectivity index (χ4v) is 2.13. The maximum Gasteiger partial charge on any atom is 0.242 e. The van der Waals surface area contributed by atoms with E-state index in [2.05, 4.69) is 24.1 Å². The molecule has 20 heavy (non-hydrogen) atoms. The van der Waals surface area contributed by atoms with Crippen molar-refractivity contribution in [1.29, 1.82) is 0 Å². The molecular weight excluding hydrogens is 257 g/mol.